The average Bonchev–Trinajstić information content (AvgIpc) is 2.69. The van der Waals surface area contributed by atoms with Crippen molar-refractivity contribution in [3.63, 3.8) is 0 Å². The molecule has 2 nitrogen and oxygen atoms in total. The Morgan fingerprint density at radius 2 is 1.78 bits per heavy atom. The molecule has 0 N–H and O–H groups in total. The summed E-state index contributed by atoms with van der Waals surface area (Å²) < 4.78 is 0. The van der Waals surface area contributed by atoms with Gasteiger partial charge < -0.3 is 0 Å². The molecule has 0 saturated heterocycles. The Labute approximate surface area is 112 Å². The Balaban J connectivity index is 2.38. The minimum absolute atomic E-state index is 0.162. The fraction of sp³-hybridized carbons (Fsp3) is 0.333. The van der Waals surface area contributed by atoms with Crippen LogP contribution in [0.3, 0.4) is 0 Å². The molecule has 0 unspecified atom stereocenters. The topological polar surface area (TPSA) is 36.7 Å². The van der Waals surface area contributed by atoms with Gasteiger partial charge >= 0.3 is 0 Å². The zero-order chi connectivity index (χ0) is 13.3. The van der Waals surface area contributed by atoms with Crippen LogP contribution in [0.25, 0.3) is 10.6 Å². The van der Waals surface area contributed by atoms with Crippen molar-refractivity contribution < 1.29 is 0 Å². The maximum Gasteiger partial charge on any atom is 0.155 e. The van der Waals surface area contributed by atoms with Gasteiger partial charge in [0.2, 0.25) is 0 Å². The highest BCUT2D eigenvalue weighted by molar-refractivity contribution is 7.15. The minimum atomic E-state index is 0.162. The van der Waals surface area contributed by atoms with Crippen molar-refractivity contribution in [2.24, 2.45) is 0 Å². The molecule has 1 heterocycles. The Hall–Kier alpha value is -1.66. The van der Waals surface area contributed by atoms with Crippen LogP contribution in [0.15, 0.2) is 24.3 Å². The van der Waals surface area contributed by atoms with Gasteiger partial charge in [-0.2, -0.15) is 5.26 Å². The van der Waals surface area contributed by atoms with Gasteiger partial charge in [0, 0.05) is 10.4 Å². The van der Waals surface area contributed by atoms with Crippen molar-refractivity contribution >= 4 is 11.3 Å². The molecule has 0 fully saturated rings. The van der Waals surface area contributed by atoms with Crippen molar-refractivity contribution in [2.75, 3.05) is 0 Å². The van der Waals surface area contributed by atoms with Crippen molar-refractivity contribution in [1.82, 2.24) is 4.98 Å². The molecule has 0 amide bonds. The molecular weight excluding hydrogens is 240 g/mol. The molecule has 0 aliphatic carbocycles. The summed E-state index contributed by atoms with van der Waals surface area (Å²) in [6.45, 7) is 8.53. The fourth-order valence-electron chi connectivity index (χ4n) is 1.74. The fourth-order valence-corrected chi connectivity index (χ4v) is 2.61. The van der Waals surface area contributed by atoms with Crippen molar-refractivity contribution in [1.29, 1.82) is 5.26 Å². The van der Waals surface area contributed by atoms with Crippen LogP contribution in [0, 0.1) is 18.3 Å². The number of nitrogens with zero attached hydrogens (tertiary/aromatic N) is 2. The molecule has 2 rings (SSSR count). The molecule has 3 heteroatoms. The van der Waals surface area contributed by atoms with Crippen LogP contribution in [0.5, 0.6) is 0 Å². The zero-order valence-electron chi connectivity index (χ0n) is 11.1. The molecule has 0 saturated carbocycles. The summed E-state index contributed by atoms with van der Waals surface area (Å²) in [5.41, 5.74) is 3.09. The third-order valence-corrected chi connectivity index (χ3v) is 3.92. The van der Waals surface area contributed by atoms with E-state index in [0.717, 1.165) is 15.4 Å². The highest BCUT2D eigenvalue weighted by atomic mass is 32.1. The summed E-state index contributed by atoms with van der Waals surface area (Å²) in [4.78, 5) is 5.33. The second-order valence-electron chi connectivity index (χ2n) is 5.36. The molecule has 0 spiro atoms. The van der Waals surface area contributed by atoms with Gasteiger partial charge in [-0.1, -0.05) is 45.0 Å². The third kappa shape index (κ3) is 2.44. The van der Waals surface area contributed by atoms with Crippen LogP contribution >= 0.6 is 11.3 Å². The van der Waals surface area contributed by atoms with Crippen LogP contribution in [0.4, 0.5) is 0 Å². The lowest BCUT2D eigenvalue weighted by atomic mass is 9.87. The van der Waals surface area contributed by atoms with E-state index in [1.165, 1.54) is 5.56 Å². The van der Waals surface area contributed by atoms with E-state index in [1.807, 2.05) is 6.92 Å². The number of aromatic nitrogens is 1. The van der Waals surface area contributed by atoms with E-state index in [1.54, 1.807) is 11.3 Å². The molecule has 2 aromatic rings. The standard InChI is InChI=1S/C15H16N2S/c1-10-13(9-16)17-14(18-10)11-5-7-12(8-6-11)15(2,3)4/h5-8H,1-4H3. The van der Waals surface area contributed by atoms with Gasteiger partial charge in [-0.3, -0.25) is 0 Å². The maximum atomic E-state index is 8.92. The third-order valence-electron chi connectivity index (χ3n) is 2.90. The van der Waals surface area contributed by atoms with E-state index < -0.39 is 0 Å². The first-order valence-electron chi connectivity index (χ1n) is 5.90. The van der Waals surface area contributed by atoms with Crippen molar-refractivity contribution in [3.8, 4) is 16.6 Å². The molecule has 0 bridgehead atoms. The molecule has 0 aliphatic heterocycles. The first kappa shape index (κ1) is 12.8. The highest BCUT2D eigenvalue weighted by Gasteiger charge is 2.14. The predicted molar refractivity (Wildman–Crippen MR) is 75.7 cm³/mol. The molecule has 0 radical (unpaired) electrons. The second kappa shape index (κ2) is 4.55. The van der Waals surface area contributed by atoms with Crippen molar-refractivity contribution in [2.45, 2.75) is 33.1 Å². The Kier molecular flexibility index (Phi) is 3.23. The van der Waals surface area contributed by atoms with Gasteiger partial charge in [0.15, 0.2) is 5.69 Å². The minimum Gasteiger partial charge on any atom is -0.225 e. The van der Waals surface area contributed by atoms with Gasteiger partial charge in [0.05, 0.1) is 0 Å². The Bertz CT molecular complexity index is 595. The summed E-state index contributed by atoms with van der Waals surface area (Å²) in [5.74, 6) is 0. The number of hydrogen-bond donors (Lipinski definition) is 0. The largest absolute Gasteiger partial charge is 0.225 e. The van der Waals surface area contributed by atoms with Gasteiger partial charge in [0.25, 0.3) is 0 Å². The van der Waals surface area contributed by atoms with E-state index in [9.17, 15) is 0 Å². The van der Waals surface area contributed by atoms with Crippen LogP contribution in [-0.4, -0.2) is 4.98 Å². The number of aryl methyl sites for hydroxylation is 1. The van der Waals surface area contributed by atoms with Crippen LogP contribution in [-0.2, 0) is 5.41 Å². The maximum absolute atomic E-state index is 8.92. The molecule has 0 aliphatic rings. The number of rotatable bonds is 1. The molecule has 92 valence electrons. The first-order chi connectivity index (χ1) is 8.41. The molecule has 1 aromatic carbocycles. The van der Waals surface area contributed by atoms with E-state index >= 15 is 0 Å². The summed E-state index contributed by atoms with van der Waals surface area (Å²) >= 11 is 1.57. The Morgan fingerprint density at radius 3 is 2.22 bits per heavy atom. The lowest BCUT2D eigenvalue weighted by Gasteiger charge is -2.18. The van der Waals surface area contributed by atoms with E-state index in [4.69, 9.17) is 5.26 Å². The highest BCUT2D eigenvalue weighted by Crippen LogP contribution is 2.29. The summed E-state index contributed by atoms with van der Waals surface area (Å²) in [6.07, 6.45) is 0. The van der Waals surface area contributed by atoms with Crippen LogP contribution < -0.4 is 0 Å². The van der Waals surface area contributed by atoms with Crippen LogP contribution in [0.1, 0.15) is 36.9 Å². The molecule has 0 atom stereocenters. The first-order valence-corrected chi connectivity index (χ1v) is 6.72. The SMILES string of the molecule is Cc1sc(-c2ccc(C(C)(C)C)cc2)nc1C#N. The van der Waals surface area contributed by atoms with Gasteiger partial charge in [0.1, 0.15) is 11.1 Å². The number of hydrogen-bond acceptors (Lipinski definition) is 3. The molecule has 1 aromatic heterocycles. The number of nitriles is 1. The molecule has 18 heavy (non-hydrogen) atoms. The number of benzene rings is 1. The number of thiazole rings is 1. The normalized spacial score (nSPS) is 11.3. The summed E-state index contributed by atoms with van der Waals surface area (Å²) in [7, 11) is 0. The lowest BCUT2D eigenvalue weighted by Crippen LogP contribution is -2.10. The van der Waals surface area contributed by atoms with E-state index in [-0.39, 0.29) is 5.41 Å². The summed E-state index contributed by atoms with van der Waals surface area (Å²) in [6, 6.07) is 10.6. The zero-order valence-corrected chi connectivity index (χ0v) is 11.9. The average molecular weight is 256 g/mol. The van der Waals surface area contributed by atoms with Gasteiger partial charge in [-0.15, -0.1) is 11.3 Å². The molecular formula is C15H16N2S. The van der Waals surface area contributed by atoms with Gasteiger partial charge in [-0.05, 0) is 17.9 Å². The van der Waals surface area contributed by atoms with Crippen LogP contribution in [0.2, 0.25) is 0 Å². The summed E-state index contributed by atoms with van der Waals surface area (Å²) in [5, 5.41) is 9.84. The van der Waals surface area contributed by atoms with Crippen molar-refractivity contribution in [3.05, 3.63) is 40.4 Å². The van der Waals surface area contributed by atoms with Gasteiger partial charge in [-0.25, -0.2) is 4.98 Å². The Morgan fingerprint density at radius 1 is 1.17 bits per heavy atom. The second-order valence-corrected chi connectivity index (χ2v) is 6.57. The van der Waals surface area contributed by atoms with E-state index in [0.29, 0.717) is 5.69 Å². The monoisotopic (exact) mass is 256 g/mol. The van der Waals surface area contributed by atoms with E-state index in [2.05, 4.69) is 56.1 Å². The smallest absolute Gasteiger partial charge is 0.155 e. The predicted octanol–water partition coefficient (Wildman–Crippen LogP) is 4.29. The lowest BCUT2D eigenvalue weighted by molar-refractivity contribution is 0.590. The quantitative estimate of drug-likeness (QED) is 0.763.